The van der Waals surface area contributed by atoms with Crippen molar-refractivity contribution in [3.63, 3.8) is 0 Å². The third kappa shape index (κ3) is 3.89. The Morgan fingerprint density at radius 1 is 1.19 bits per heavy atom. The molecule has 0 unspecified atom stereocenters. The van der Waals surface area contributed by atoms with Crippen molar-refractivity contribution in [1.29, 1.82) is 0 Å². The van der Waals surface area contributed by atoms with Crippen molar-refractivity contribution in [1.82, 2.24) is 4.90 Å². The highest BCUT2D eigenvalue weighted by atomic mass is 19.1. The van der Waals surface area contributed by atoms with Gasteiger partial charge in [0.1, 0.15) is 12.4 Å². The van der Waals surface area contributed by atoms with Gasteiger partial charge in [-0.15, -0.1) is 0 Å². The molecule has 1 aliphatic heterocycles. The molecule has 2 amide bonds. The number of nitrogens with zero attached hydrogens (tertiary/aromatic N) is 1. The van der Waals surface area contributed by atoms with Crippen LogP contribution >= 0.6 is 0 Å². The van der Waals surface area contributed by atoms with Crippen molar-refractivity contribution in [2.75, 3.05) is 6.61 Å². The molecule has 1 aromatic rings. The lowest BCUT2D eigenvalue weighted by atomic mass is 10.1. The first-order valence-corrected chi connectivity index (χ1v) is 6.83. The number of benzene rings is 1. The standard InChI is InChI=1S/C16H16FNO3/c17-14-8-7-13(12(10-14)4-3-9-19)11-18-15(20)5-1-2-6-16(18)21/h7-8,10,19H,1-2,5-6,9,11H2. The maximum Gasteiger partial charge on any atom is 0.229 e. The summed E-state index contributed by atoms with van der Waals surface area (Å²) in [6, 6.07) is 4.03. The van der Waals surface area contributed by atoms with Gasteiger partial charge in [-0.05, 0) is 30.5 Å². The van der Waals surface area contributed by atoms with Crippen LogP contribution in [0.5, 0.6) is 0 Å². The first-order chi connectivity index (χ1) is 10.1. The van der Waals surface area contributed by atoms with Gasteiger partial charge in [0.15, 0.2) is 0 Å². The van der Waals surface area contributed by atoms with Crippen LogP contribution in [-0.2, 0) is 16.1 Å². The van der Waals surface area contributed by atoms with Gasteiger partial charge in [-0.3, -0.25) is 14.5 Å². The quantitative estimate of drug-likeness (QED) is 0.664. The van der Waals surface area contributed by atoms with Crippen molar-refractivity contribution in [2.45, 2.75) is 32.2 Å². The van der Waals surface area contributed by atoms with Gasteiger partial charge in [0.2, 0.25) is 11.8 Å². The Kier molecular flexibility index (Phi) is 5.07. The Labute approximate surface area is 122 Å². The topological polar surface area (TPSA) is 57.6 Å². The number of rotatable bonds is 2. The van der Waals surface area contributed by atoms with Crippen LogP contribution in [0.15, 0.2) is 18.2 Å². The molecule has 0 atom stereocenters. The molecular weight excluding hydrogens is 273 g/mol. The highest BCUT2D eigenvalue weighted by Crippen LogP contribution is 2.18. The van der Waals surface area contributed by atoms with E-state index in [0.717, 1.165) is 0 Å². The Bertz CT molecular complexity index is 598. The zero-order valence-corrected chi connectivity index (χ0v) is 11.6. The summed E-state index contributed by atoms with van der Waals surface area (Å²) >= 11 is 0. The molecular formula is C16H16FNO3. The van der Waals surface area contributed by atoms with E-state index in [-0.39, 0.29) is 25.0 Å². The van der Waals surface area contributed by atoms with Crippen LogP contribution < -0.4 is 0 Å². The van der Waals surface area contributed by atoms with Gasteiger partial charge in [0, 0.05) is 18.4 Å². The van der Waals surface area contributed by atoms with Crippen molar-refractivity contribution in [3.05, 3.63) is 35.1 Å². The summed E-state index contributed by atoms with van der Waals surface area (Å²) in [5, 5.41) is 8.74. The van der Waals surface area contributed by atoms with Gasteiger partial charge in [0.05, 0.1) is 6.54 Å². The minimum Gasteiger partial charge on any atom is -0.384 e. The largest absolute Gasteiger partial charge is 0.384 e. The van der Waals surface area contributed by atoms with E-state index in [9.17, 15) is 14.0 Å². The van der Waals surface area contributed by atoms with Crippen LogP contribution in [0.25, 0.3) is 0 Å². The average molecular weight is 289 g/mol. The maximum absolute atomic E-state index is 13.3. The monoisotopic (exact) mass is 289 g/mol. The molecule has 1 heterocycles. The average Bonchev–Trinajstić information content (AvgIpc) is 2.62. The van der Waals surface area contributed by atoms with Gasteiger partial charge in [-0.2, -0.15) is 0 Å². The zero-order chi connectivity index (χ0) is 15.2. The Hall–Kier alpha value is -2.19. The van der Waals surface area contributed by atoms with E-state index in [1.54, 1.807) is 0 Å². The second-order valence-corrected chi connectivity index (χ2v) is 4.84. The van der Waals surface area contributed by atoms with Gasteiger partial charge < -0.3 is 5.11 Å². The number of amides is 2. The number of aliphatic hydroxyl groups excluding tert-OH is 1. The second-order valence-electron chi connectivity index (χ2n) is 4.84. The molecule has 1 N–H and O–H groups in total. The van der Waals surface area contributed by atoms with E-state index in [1.807, 2.05) is 0 Å². The molecule has 5 heteroatoms. The fourth-order valence-electron chi connectivity index (χ4n) is 2.25. The summed E-state index contributed by atoms with van der Waals surface area (Å²) < 4.78 is 13.3. The number of likely N-dealkylation sites (tertiary alicyclic amines) is 1. The van der Waals surface area contributed by atoms with Crippen molar-refractivity contribution in [3.8, 4) is 11.8 Å². The molecule has 2 rings (SSSR count). The molecule has 110 valence electrons. The molecule has 21 heavy (non-hydrogen) atoms. The highest BCUT2D eigenvalue weighted by Gasteiger charge is 2.24. The van der Waals surface area contributed by atoms with E-state index >= 15 is 0 Å². The van der Waals surface area contributed by atoms with E-state index < -0.39 is 5.82 Å². The van der Waals surface area contributed by atoms with Crippen LogP contribution in [0.4, 0.5) is 4.39 Å². The number of hydrogen-bond donors (Lipinski definition) is 1. The summed E-state index contributed by atoms with van der Waals surface area (Å²) in [6.45, 7) is -0.245. The van der Waals surface area contributed by atoms with Crippen LogP contribution in [0, 0.1) is 17.7 Å². The van der Waals surface area contributed by atoms with E-state index in [0.29, 0.717) is 36.8 Å². The summed E-state index contributed by atoms with van der Waals surface area (Å²) in [5.41, 5.74) is 0.981. The normalized spacial score (nSPS) is 15.4. The van der Waals surface area contributed by atoms with Gasteiger partial charge in [-0.25, -0.2) is 4.39 Å². The number of carbonyl (C=O) groups is 2. The predicted octanol–water partition coefficient (Wildman–Crippen LogP) is 1.60. The minimum atomic E-state index is -0.450. The molecule has 0 spiro atoms. The summed E-state index contributed by atoms with van der Waals surface area (Å²) in [4.78, 5) is 25.2. The van der Waals surface area contributed by atoms with Gasteiger partial charge in [-0.1, -0.05) is 17.9 Å². The molecule has 0 aromatic heterocycles. The maximum atomic E-state index is 13.3. The number of carbonyl (C=O) groups excluding carboxylic acids is 2. The van der Waals surface area contributed by atoms with Gasteiger partial charge >= 0.3 is 0 Å². The van der Waals surface area contributed by atoms with Crippen LogP contribution in [-0.4, -0.2) is 28.4 Å². The Morgan fingerprint density at radius 2 is 1.86 bits per heavy atom. The number of hydrogen-bond acceptors (Lipinski definition) is 3. The van der Waals surface area contributed by atoms with Crippen LogP contribution in [0.3, 0.4) is 0 Å². The zero-order valence-electron chi connectivity index (χ0n) is 11.6. The first-order valence-electron chi connectivity index (χ1n) is 6.83. The fraction of sp³-hybridized carbons (Fsp3) is 0.375. The van der Waals surface area contributed by atoms with Crippen LogP contribution in [0.1, 0.15) is 36.8 Å². The van der Waals surface area contributed by atoms with Gasteiger partial charge in [0.25, 0.3) is 0 Å². The number of imide groups is 1. The lowest BCUT2D eigenvalue weighted by Crippen LogP contribution is -2.34. The molecule has 4 nitrogen and oxygen atoms in total. The molecule has 0 bridgehead atoms. The van der Waals surface area contributed by atoms with E-state index in [1.165, 1.54) is 23.1 Å². The van der Waals surface area contributed by atoms with E-state index in [4.69, 9.17) is 5.11 Å². The van der Waals surface area contributed by atoms with Crippen molar-refractivity contribution < 1.29 is 19.1 Å². The molecule has 1 saturated heterocycles. The number of aliphatic hydroxyl groups is 1. The molecule has 1 fully saturated rings. The predicted molar refractivity (Wildman–Crippen MR) is 74.4 cm³/mol. The molecule has 1 aliphatic rings. The third-order valence-electron chi connectivity index (χ3n) is 3.34. The molecule has 1 aromatic carbocycles. The van der Waals surface area contributed by atoms with Crippen molar-refractivity contribution >= 4 is 11.8 Å². The van der Waals surface area contributed by atoms with E-state index in [2.05, 4.69) is 11.8 Å². The first kappa shape index (κ1) is 15.2. The highest BCUT2D eigenvalue weighted by molar-refractivity contribution is 5.96. The molecule has 0 aliphatic carbocycles. The summed E-state index contributed by atoms with van der Waals surface area (Å²) in [6.07, 6.45) is 2.12. The third-order valence-corrected chi connectivity index (χ3v) is 3.34. The van der Waals surface area contributed by atoms with Crippen LogP contribution in [0.2, 0.25) is 0 Å². The molecule has 0 saturated carbocycles. The lowest BCUT2D eigenvalue weighted by molar-refractivity contribution is -0.144. The second kappa shape index (κ2) is 7.00. The Balaban J connectivity index is 2.29. The minimum absolute atomic E-state index is 0.0907. The summed E-state index contributed by atoms with van der Waals surface area (Å²) in [7, 11) is 0. The lowest BCUT2D eigenvalue weighted by Gasteiger charge is -2.19. The number of halogens is 1. The smallest absolute Gasteiger partial charge is 0.229 e. The molecule has 0 radical (unpaired) electrons. The fourth-order valence-corrected chi connectivity index (χ4v) is 2.25. The van der Waals surface area contributed by atoms with Crippen molar-refractivity contribution in [2.24, 2.45) is 0 Å². The SMILES string of the molecule is O=C1CCCCC(=O)N1Cc1ccc(F)cc1C#CCO. The summed E-state index contributed by atoms with van der Waals surface area (Å²) in [5.74, 6) is 4.24. The Morgan fingerprint density at radius 3 is 2.48 bits per heavy atom.